The van der Waals surface area contributed by atoms with E-state index in [-0.39, 0.29) is 18.6 Å². The first-order chi connectivity index (χ1) is 7.40. The fourth-order valence-electron chi connectivity index (χ4n) is 1.50. The number of carbonyl (C=O) groups excluding carboxylic acids is 1. The van der Waals surface area contributed by atoms with Gasteiger partial charge in [0, 0.05) is 13.1 Å². The Balaban J connectivity index is 2.37. The highest BCUT2D eigenvalue weighted by atomic mass is 16.6. The Morgan fingerprint density at radius 1 is 1.62 bits per heavy atom. The molecule has 4 nitrogen and oxygen atoms in total. The maximum Gasteiger partial charge on any atom is 0.320 e. The summed E-state index contributed by atoms with van der Waals surface area (Å²) in [5.74, 6) is 2.32. The zero-order chi connectivity index (χ0) is 12.2. The third-order valence-electron chi connectivity index (χ3n) is 2.11. The van der Waals surface area contributed by atoms with Gasteiger partial charge in [-0.2, -0.15) is 0 Å². The second kappa shape index (κ2) is 5.33. The van der Waals surface area contributed by atoms with E-state index >= 15 is 0 Å². The Hall–Kier alpha value is -1.05. The number of esters is 1. The summed E-state index contributed by atoms with van der Waals surface area (Å²) < 4.78 is 10.5. The topological polar surface area (TPSA) is 38.8 Å². The van der Waals surface area contributed by atoms with Gasteiger partial charge in [-0.15, -0.1) is 6.42 Å². The summed E-state index contributed by atoms with van der Waals surface area (Å²) in [6.45, 7) is 7.72. The van der Waals surface area contributed by atoms with Crippen LogP contribution in [0.4, 0.5) is 0 Å². The van der Waals surface area contributed by atoms with Crippen molar-refractivity contribution in [3.63, 3.8) is 0 Å². The van der Waals surface area contributed by atoms with Crippen LogP contribution < -0.4 is 0 Å². The van der Waals surface area contributed by atoms with Crippen molar-refractivity contribution < 1.29 is 14.3 Å². The highest BCUT2D eigenvalue weighted by Gasteiger charge is 2.23. The predicted octanol–water partition coefficient (Wildman–Crippen LogP) is 0.662. The monoisotopic (exact) mass is 225 g/mol. The standard InChI is InChI=1S/C12H19NO3/c1-5-10-8-13(6-7-15-10)9-11(14)16-12(2,3)4/h1,10H,6-9H2,2-4H3. The maximum absolute atomic E-state index is 11.6. The molecule has 0 bridgehead atoms. The van der Waals surface area contributed by atoms with Gasteiger partial charge >= 0.3 is 5.97 Å². The lowest BCUT2D eigenvalue weighted by atomic mass is 10.2. The van der Waals surface area contributed by atoms with Gasteiger partial charge in [0.25, 0.3) is 0 Å². The minimum atomic E-state index is -0.436. The van der Waals surface area contributed by atoms with E-state index in [9.17, 15) is 4.79 Å². The van der Waals surface area contributed by atoms with Crippen molar-refractivity contribution in [1.82, 2.24) is 4.90 Å². The quantitative estimate of drug-likeness (QED) is 0.511. The average molecular weight is 225 g/mol. The van der Waals surface area contributed by atoms with Gasteiger partial charge in [-0.05, 0) is 20.8 Å². The molecule has 1 aliphatic rings. The highest BCUT2D eigenvalue weighted by Crippen LogP contribution is 2.09. The van der Waals surface area contributed by atoms with Crippen molar-refractivity contribution in [2.24, 2.45) is 0 Å². The van der Waals surface area contributed by atoms with Gasteiger partial charge in [-0.1, -0.05) is 5.92 Å². The van der Waals surface area contributed by atoms with Crippen molar-refractivity contribution in [2.45, 2.75) is 32.5 Å². The van der Waals surface area contributed by atoms with Crippen molar-refractivity contribution in [2.75, 3.05) is 26.2 Å². The molecular weight excluding hydrogens is 206 g/mol. The lowest BCUT2D eigenvalue weighted by Gasteiger charge is -2.30. The average Bonchev–Trinajstić information content (AvgIpc) is 2.15. The summed E-state index contributed by atoms with van der Waals surface area (Å²) in [7, 11) is 0. The first-order valence-electron chi connectivity index (χ1n) is 5.42. The van der Waals surface area contributed by atoms with Crippen molar-refractivity contribution in [3.8, 4) is 12.3 Å². The maximum atomic E-state index is 11.6. The van der Waals surface area contributed by atoms with Gasteiger partial charge in [0.1, 0.15) is 11.7 Å². The number of rotatable bonds is 2. The molecule has 1 atom stereocenters. The van der Waals surface area contributed by atoms with Crippen molar-refractivity contribution in [3.05, 3.63) is 0 Å². The molecule has 0 aromatic heterocycles. The number of morpholine rings is 1. The van der Waals surface area contributed by atoms with Gasteiger partial charge in [0.15, 0.2) is 0 Å². The molecular formula is C12H19NO3. The fourth-order valence-corrected chi connectivity index (χ4v) is 1.50. The molecule has 1 unspecified atom stereocenters. The van der Waals surface area contributed by atoms with Crippen LogP contribution in [-0.4, -0.2) is 48.8 Å². The van der Waals surface area contributed by atoms with Gasteiger partial charge in [-0.25, -0.2) is 0 Å². The molecule has 1 saturated heterocycles. The lowest BCUT2D eigenvalue weighted by Crippen LogP contribution is -2.45. The van der Waals surface area contributed by atoms with Crippen molar-refractivity contribution in [1.29, 1.82) is 0 Å². The summed E-state index contributed by atoms with van der Waals surface area (Å²) in [6.07, 6.45) is 5.07. The van der Waals surface area contributed by atoms with E-state index in [2.05, 4.69) is 5.92 Å². The van der Waals surface area contributed by atoms with Crippen LogP contribution in [0.3, 0.4) is 0 Å². The molecule has 16 heavy (non-hydrogen) atoms. The lowest BCUT2D eigenvalue weighted by molar-refractivity contribution is -0.157. The molecule has 1 aliphatic heterocycles. The minimum Gasteiger partial charge on any atom is -0.459 e. The molecule has 90 valence electrons. The molecule has 0 aromatic carbocycles. The first kappa shape index (κ1) is 13.0. The zero-order valence-electron chi connectivity index (χ0n) is 10.2. The summed E-state index contributed by atoms with van der Waals surface area (Å²) >= 11 is 0. The van der Waals surface area contributed by atoms with Crippen LogP contribution in [0.15, 0.2) is 0 Å². The highest BCUT2D eigenvalue weighted by molar-refractivity contribution is 5.72. The Labute approximate surface area is 96.9 Å². The molecule has 1 rings (SSSR count). The Morgan fingerprint density at radius 3 is 2.88 bits per heavy atom. The van der Waals surface area contributed by atoms with Gasteiger partial charge in [-0.3, -0.25) is 9.69 Å². The molecule has 0 amide bonds. The first-order valence-corrected chi connectivity index (χ1v) is 5.42. The van der Waals surface area contributed by atoms with Gasteiger partial charge < -0.3 is 9.47 Å². The van der Waals surface area contributed by atoms with Crippen LogP contribution in [0.1, 0.15) is 20.8 Å². The zero-order valence-corrected chi connectivity index (χ0v) is 10.2. The molecule has 4 heteroatoms. The molecule has 0 aromatic rings. The summed E-state index contributed by atoms with van der Waals surface area (Å²) in [4.78, 5) is 13.5. The van der Waals surface area contributed by atoms with Crippen molar-refractivity contribution >= 4 is 5.97 Å². The smallest absolute Gasteiger partial charge is 0.320 e. The Bertz CT molecular complexity index is 288. The third kappa shape index (κ3) is 4.65. The van der Waals surface area contributed by atoms with E-state index in [1.54, 1.807) is 0 Å². The number of ether oxygens (including phenoxy) is 2. The van der Waals surface area contributed by atoms with E-state index in [0.29, 0.717) is 13.2 Å². The van der Waals surface area contributed by atoms with E-state index in [1.807, 2.05) is 25.7 Å². The molecule has 0 radical (unpaired) electrons. The second-order valence-electron chi connectivity index (χ2n) is 4.85. The predicted molar refractivity (Wildman–Crippen MR) is 60.9 cm³/mol. The number of hydrogen-bond donors (Lipinski definition) is 0. The molecule has 0 aliphatic carbocycles. The SMILES string of the molecule is C#CC1CN(CC(=O)OC(C)(C)C)CCO1. The summed E-state index contributed by atoms with van der Waals surface area (Å²) in [5, 5.41) is 0. The fraction of sp³-hybridized carbons (Fsp3) is 0.750. The van der Waals surface area contributed by atoms with E-state index in [0.717, 1.165) is 6.54 Å². The number of terminal acetylenes is 1. The van der Waals surface area contributed by atoms with Crippen LogP contribution in [0.2, 0.25) is 0 Å². The van der Waals surface area contributed by atoms with E-state index < -0.39 is 5.60 Å². The summed E-state index contributed by atoms with van der Waals surface area (Å²) in [6, 6.07) is 0. The second-order valence-corrected chi connectivity index (χ2v) is 4.85. The normalized spacial score (nSPS) is 22.5. The number of nitrogens with zero attached hydrogens (tertiary/aromatic N) is 1. The molecule has 0 spiro atoms. The Kier molecular flexibility index (Phi) is 4.34. The minimum absolute atomic E-state index is 0.212. The molecule has 1 heterocycles. The molecule has 0 saturated carbocycles. The van der Waals surface area contributed by atoms with E-state index in [1.165, 1.54) is 0 Å². The third-order valence-corrected chi connectivity index (χ3v) is 2.11. The Morgan fingerprint density at radius 2 is 2.31 bits per heavy atom. The number of carbonyl (C=O) groups is 1. The summed E-state index contributed by atoms with van der Waals surface area (Å²) in [5.41, 5.74) is -0.436. The van der Waals surface area contributed by atoms with Crippen LogP contribution in [0, 0.1) is 12.3 Å². The number of hydrogen-bond acceptors (Lipinski definition) is 4. The largest absolute Gasteiger partial charge is 0.459 e. The van der Waals surface area contributed by atoms with Gasteiger partial charge in [0.05, 0.1) is 13.2 Å². The molecule has 1 fully saturated rings. The van der Waals surface area contributed by atoms with Crippen LogP contribution in [-0.2, 0) is 14.3 Å². The van der Waals surface area contributed by atoms with E-state index in [4.69, 9.17) is 15.9 Å². The van der Waals surface area contributed by atoms with Crippen LogP contribution in [0.25, 0.3) is 0 Å². The van der Waals surface area contributed by atoms with Crippen LogP contribution in [0.5, 0.6) is 0 Å². The van der Waals surface area contributed by atoms with Crippen LogP contribution >= 0.6 is 0 Å². The molecule has 0 N–H and O–H groups in total. The van der Waals surface area contributed by atoms with Gasteiger partial charge in [0.2, 0.25) is 0 Å².